The first kappa shape index (κ1) is 28.7. The Balaban J connectivity index is 1.51. The van der Waals surface area contributed by atoms with Crippen LogP contribution in [0.3, 0.4) is 0 Å². The van der Waals surface area contributed by atoms with Crippen molar-refractivity contribution >= 4 is 0 Å². The summed E-state index contributed by atoms with van der Waals surface area (Å²) < 4.78 is 123. The summed E-state index contributed by atoms with van der Waals surface area (Å²) in [5.41, 5.74) is -3.14. The van der Waals surface area contributed by atoms with Crippen molar-refractivity contribution in [3.05, 3.63) is 107 Å². The van der Waals surface area contributed by atoms with Gasteiger partial charge < -0.3 is 9.47 Å². The number of alkyl halides is 2. The molecular weight excluding hydrogens is 544 g/mol. The van der Waals surface area contributed by atoms with Crippen LogP contribution in [0.25, 0.3) is 11.1 Å². The lowest BCUT2D eigenvalue weighted by Gasteiger charge is -2.27. The van der Waals surface area contributed by atoms with Gasteiger partial charge in [0.25, 0.3) is 0 Å². The van der Waals surface area contributed by atoms with Crippen LogP contribution in [0.2, 0.25) is 0 Å². The summed E-state index contributed by atoms with van der Waals surface area (Å²) in [5.74, 6) is -3.17. The third-order valence-corrected chi connectivity index (χ3v) is 5.96. The third-order valence-electron chi connectivity index (χ3n) is 5.96. The van der Waals surface area contributed by atoms with Crippen LogP contribution in [0.5, 0.6) is 11.5 Å². The molecule has 1 unspecified atom stereocenters. The maximum absolute atomic E-state index is 14.9. The molecule has 3 aromatic rings. The molecule has 0 radical (unpaired) electrons. The van der Waals surface area contributed by atoms with Crippen LogP contribution in [0.15, 0.2) is 72.1 Å². The van der Waals surface area contributed by atoms with Gasteiger partial charge in [-0.05, 0) is 68.3 Å². The van der Waals surface area contributed by atoms with E-state index in [4.69, 9.17) is 4.74 Å². The Bertz CT molecular complexity index is 1560. The van der Waals surface area contributed by atoms with Crippen LogP contribution < -0.4 is 9.47 Å². The van der Waals surface area contributed by atoms with E-state index in [1.807, 2.05) is 0 Å². The second-order valence-electron chi connectivity index (χ2n) is 9.07. The fourth-order valence-electron chi connectivity index (χ4n) is 3.94. The lowest BCUT2D eigenvalue weighted by Crippen LogP contribution is -2.30. The van der Waals surface area contributed by atoms with Gasteiger partial charge in [-0.2, -0.15) is 8.78 Å². The highest BCUT2D eigenvalue weighted by Crippen LogP contribution is 2.41. The first-order valence-corrected chi connectivity index (χ1v) is 11.9. The van der Waals surface area contributed by atoms with E-state index in [-0.39, 0.29) is 17.5 Å². The van der Waals surface area contributed by atoms with Crippen molar-refractivity contribution in [3.8, 4) is 34.5 Å². The zero-order valence-electron chi connectivity index (χ0n) is 21.0. The van der Waals surface area contributed by atoms with Crippen molar-refractivity contribution in [3.63, 3.8) is 0 Å². The number of allylic oxidation sites excluding steroid dienone is 2. The molecule has 0 N–H and O–H groups in total. The molecule has 0 bridgehead atoms. The van der Waals surface area contributed by atoms with Gasteiger partial charge in [0.05, 0.1) is 23.2 Å². The zero-order chi connectivity index (χ0) is 29.2. The topological polar surface area (TPSA) is 18.5 Å². The highest BCUT2D eigenvalue weighted by molar-refractivity contribution is 5.65. The lowest BCUT2D eigenvalue weighted by atomic mass is 9.81. The standard InChI is InChI=1S/C30H20F8O2/c1-3-39-19-5-4-17(23(31)14-19)8-10-29(2)11-9-22(27(35)16-29)30(37,38)40-20-6-7-21(24(32)15-20)18-12-25(33)28(36)26(34)13-18/h4-7,9,12-16H,3,11H2,1-2H3. The lowest BCUT2D eigenvalue weighted by molar-refractivity contribution is -0.142. The number of rotatable bonds is 6. The Morgan fingerprint density at radius 3 is 2.10 bits per heavy atom. The van der Waals surface area contributed by atoms with Gasteiger partial charge in [0, 0.05) is 17.7 Å². The molecule has 1 atom stereocenters. The minimum absolute atomic E-state index is 0.0125. The van der Waals surface area contributed by atoms with E-state index in [0.29, 0.717) is 30.6 Å². The van der Waals surface area contributed by atoms with E-state index in [9.17, 15) is 35.1 Å². The molecular formula is C30H20F8O2. The predicted octanol–water partition coefficient (Wildman–Crippen LogP) is 8.66. The Hall–Kier alpha value is -4.26. The second-order valence-corrected chi connectivity index (χ2v) is 9.07. The molecule has 0 saturated carbocycles. The maximum atomic E-state index is 14.9. The average Bonchev–Trinajstić information content (AvgIpc) is 2.86. The van der Waals surface area contributed by atoms with Crippen LogP contribution in [0, 0.1) is 46.3 Å². The minimum atomic E-state index is -4.24. The van der Waals surface area contributed by atoms with E-state index < -0.39 is 63.3 Å². The molecule has 1 aliphatic carbocycles. The number of hydrogen-bond acceptors (Lipinski definition) is 2. The summed E-state index contributed by atoms with van der Waals surface area (Å²) in [6, 6.07) is 7.45. The Kier molecular flexibility index (Phi) is 7.96. The van der Waals surface area contributed by atoms with Crippen molar-refractivity contribution in [2.75, 3.05) is 6.61 Å². The molecule has 0 saturated heterocycles. The summed E-state index contributed by atoms with van der Waals surface area (Å²) in [5, 5.41) is 0. The first-order valence-electron chi connectivity index (χ1n) is 11.9. The monoisotopic (exact) mass is 564 g/mol. The number of halogens is 8. The Morgan fingerprint density at radius 1 is 0.850 bits per heavy atom. The third kappa shape index (κ3) is 6.14. The van der Waals surface area contributed by atoms with Gasteiger partial charge in [-0.3, -0.25) is 0 Å². The second kappa shape index (κ2) is 11.1. The van der Waals surface area contributed by atoms with Crippen LogP contribution in [-0.2, 0) is 0 Å². The summed E-state index contributed by atoms with van der Waals surface area (Å²) in [6.07, 6.45) is -2.66. The minimum Gasteiger partial charge on any atom is -0.494 e. The van der Waals surface area contributed by atoms with Crippen LogP contribution in [-0.4, -0.2) is 12.7 Å². The smallest absolute Gasteiger partial charge is 0.429 e. The van der Waals surface area contributed by atoms with Crippen molar-refractivity contribution in [2.24, 2.45) is 5.41 Å². The molecule has 0 amide bonds. The van der Waals surface area contributed by atoms with Crippen LogP contribution in [0.1, 0.15) is 25.8 Å². The van der Waals surface area contributed by atoms with Crippen molar-refractivity contribution in [1.82, 2.24) is 0 Å². The Labute approximate surface area is 224 Å². The van der Waals surface area contributed by atoms with E-state index in [0.717, 1.165) is 30.4 Å². The van der Waals surface area contributed by atoms with Gasteiger partial charge in [0.2, 0.25) is 0 Å². The predicted molar refractivity (Wildman–Crippen MR) is 132 cm³/mol. The molecule has 40 heavy (non-hydrogen) atoms. The Morgan fingerprint density at radius 2 is 1.50 bits per heavy atom. The summed E-state index contributed by atoms with van der Waals surface area (Å²) in [6.45, 7) is 3.56. The quantitative estimate of drug-likeness (QED) is 0.170. The highest BCUT2D eigenvalue weighted by Gasteiger charge is 2.43. The average molecular weight is 564 g/mol. The van der Waals surface area contributed by atoms with Crippen molar-refractivity contribution in [2.45, 2.75) is 26.4 Å². The van der Waals surface area contributed by atoms with E-state index in [1.165, 1.54) is 19.1 Å². The summed E-state index contributed by atoms with van der Waals surface area (Å²) >= 11 is 0. The molecule has 208 valence electrons. The highest BCUT2D eigenvalue weighted by atomic mass is 19.3. The van der Waals surface area contributed by atoms with E-state index in [1.54, 1.807) is 6.92 Å². The maximum Gasteiger partial charge on any atom is 0.429 e. The molecule has 0 spiro atoms. The van der Waals surface area contributed by atoms with Crippen LogP contribution >= 0.6 is 0 Å². The van der Waals surface area contributed by atoms with E-state index >= 15 is 0 Å². The SMILES string of the molecule is CCOc1ccc(C#CC2(C)C=C(F)C(C(F)(F)Oc3ccc(-c4cc(F)c(F)c(F)c4)c(F)c3)=CC2)c(F)c1. The number of hydrogen-bond donors (Lipinski definition) is 0. The molecule has 1 aliphatic rings. The molecule has 10 heteroatoms. The largest absolute Gasteiger partial charge is 0.494 e. The van der Waals surface area contributed by atoms with Gasteiger partial charge >= 0.3 is 6.11 Å². The summed E-state index contributed by atoms with van der Waals surface area (Å²) in [7, 11) is 0. The number of ether oxygens (including phenoxy) is 2. The molecule has 3 aromatic carbocycles. The summed E-state index contributed by atoms with van der Waals surface area (Å²) in [4.78, 5) is 0. The van der Waals surface area contributed by atoms with Gasteiger partial charge in [-0.1, -0.05) is 17.9 Å². The molecule has 2 nitrogen and oxygen atoms in total. The van der Waals surface area contributed by atoms with Gasteiger partial charge in [-0.25, -0.2) is 26.3 Å². The van der Waals surface area contributed by atoms with Crippen molar-refractivity contribution in [1.29, 1.82) is 0 Å². The zero-order valence-corrected chi connectivity index (χ0v) is 21.0. The molecule has 0 aromatic heterocycles. The van der Waals surface area contributed by atoms with Gasteiger partial charge in [0.1, 0.15) is 29.0 Å². The molecule has 0 aliphatic heterocycles. The molecule has 4 rings (SSSR count). The number of benzene rings is 3. The first-order chi connectivity index (χ1) is 18.8. The molecule has 0 heterocycles. The van der Waals surface area contributed by atoms with Crippen molar-refractivity contribution < 1.29 is 44.6 Å². The fraction of sp³-hybridized carbons (Fsp3) is 0.200. The molecule has 0 fully saturated rings. The van der Waals surface area contributed by atoms with Gasteiger partial charge in [0.15, 0.2) is 17.5 Å². The normalized spacial score (nSPS) is 16.9. The van der Waals surface area contributed by atoms with E-state index in [2.05, 4.69) is 16.6 Å². The fourth-order valence-corrected chi connectivity index (χ4v) is 3.94. The van der Waals surface area contributed by atoms with Gasteiger partial charge in [-0.15, -0.1) is 0 Å². The van der Waals surface area contributed by atoms with Crippen LogP contribution in [0.4, 0.5) is 35.1 Å².